The third-order valence-corrected chi connectivity index (χ3v) is 18.6. The average Bonchev–Trinajstić information content (AvgIpc) is 1.63. The standard InChI is InChI=1S/C21H25N3O2.C18H24N4O3.C18H19N3O2.2C12H15N3O2/c1-14-13-24(23-19(14)25)18-7-5-6-17(12-18)22-20(26)15-8-10-16(11-9-15)21(2,3)4;1-12-11-22(20-17(12)24)16-5-3-4-15(10-16)19-18(25)21-8-6-14(7-9-21)13(2)23;1-12-4-3-5-14(10-12)18(23)19-15-6-8-16(9-7-15)21-11-13(2)17(22)20-21;1-8-7-15(14-12(8)17)11-5-3-10(4-6-11)13-9(2)16;1-8-7-15(14-12(8)17)11-5-3-4-10(6-11)13-9(2)16/h5-12,14H,13H2,1-4H3,(H,22,26)(H,23,25);3-5,10,12,14H,6-9,11H2,1-2H3,(H,19,25)(H,20,24);3-10,13H,11H2,1-2H3,(H,19,23)(H,20,22);2*3-6,8H,7H2,1-2H3,(H,13,16)(H,14,17). The Labute approximate surface area is 630 Å². The van der Waals surface area contributed by atoms with Gasteiger partial charge in [-0.25, -0.2) is 4.79 Å². The molecule has 0 aliphatic carbocycles. The number of Topliss-reactive ketones (excluding diaryl/α,β-unsaturated/α-hetero) is 1. The number of likely N-dealkylation sites (tertiary alicyclic amines) is 1. The lowest BCUT2D eigenvalue weighted by atomic mass is 9.87. The number of nitrogens with zero attached hydrogens (tertiary/aromatic N) is 6. The van der Waals surface area contributed by atoms with Gasteiger partial charge in [-0.05, 0) is 165 Å². The molecule has 5 unspecified atom stereocenters. The van der Waals surface area contributed by atoms with Crippen molar-refractivity contribution in [1.29, 1.82) is 0 Å². The topological polar surface area (TPSA) is 328 Å². The highest BCUT2D eigenvalue weighted by molar-refractivity contribution is 6.05. The number of urea groups is 1. The second kappa shape index (κ2) is 36.1. The van der Waals surface area contributed by atoms with Gasteiger partial charge in [0, 0.05) is 72.4 Å². The second-order valence-corrected chi connectivity index (χ2v) is 29.0. The largest absolute Gasteiger partial charge is 0.326 e. The number of benzene rings is 7. The molecule has 7 aromatic rings. The first-order chi connectivity index (χ1) is 51.3. The van der Waals surface area contributed by atoms with E-state index < -0.39 is 0 Å². The van der Waals surface area contributed by atoms with Crippen LogP contribution in [0.4, 0.5) is 61.7 Å². The number of hydrogen-bond acceptors (Lipinski definition) is 16. The maximum atomic E-state index is 12.5. The van der Waals surface area contributed by atoms with Crippen molar-refractivity contribution in [3.05, 3.63) is 192 Å². The lowest BCUT2D eigenvalue weighted by Gasteiger charge is -2.31. The van der Waals surface area contributed by atoms with Crippen molar-refractivity contribution < 1.29 is 52.7 Å². The minimum Gasteiger partial charge on any atom is -0.326 e. The zero-order valence-electron chi connectivity index (χ0n) is 63.2. The van der Waals surface area contributed by atoms with Crippen molar-refractivity contribution in [1.82, 2.24) is 32.0 Å². The van der Waals surface area contributed by atoms with Gasteiger partial charge in [0.25, 0.3) is 11.8 Å². The van der Waals surface area contributed by atoms with Gasteiger partial charge in [0.1, 0.15) is 5.78 Å². The molecule has 6 saturated heterocycles. The van der Waals surface area contributed by atoms with Gasteiger partial charge in [0.05, 0.1) is 90.8 Å². The number of ketones is 1. The Bertz CT molecular complexity index is 4430. The molecule has 108 heavy (non-hydrogen) atoms. The molecule has 10 N–H and O–H groups in total. The molecule has 5 atom stereocenters. The Kier molecular flexibility index (Phi) is 26.7. The number of rotatable bonds is 13. The molecule has 568 valence electrons. The third kappa shape index (κ3) is 22.4. The van der Waals surface area contributed by atoms with Crippen LogP contribution < -0.4 is 78.8 Å². The zero-order chi connectivity index (χ0) is 78.1. The Morgan fingerprint density at radius 2 is 0.704 bits per heavy atom. The van der Waals surface area contributed by atoms with E-state index in [1.165, 1.54) is 19.4 Å². The smallest absolute Gasteiger partial charge is 0.321 e. The first-order valence-electron chi connectivity index (χ1n) is 36.1. The number of nitrogens with one attached hydrogen (secondary N) is 10. The number of piperidine rings is 1. The van der Waals surface area contributed by atoms with Crippen molar-refractivity contribution >= 4 is 122 Å². The molecule has 0 spiro atoms. The number of hydrogen-bond donors (Lipinski definition) is 10. The van der Waals surface area contributed by atoms with Crippen LogP contribution in [0.25, 0.3) is 0 Å². The summed E-state index contributed by atoms with van der Waals surface area (Å²) in [5.74, 6) is -0.236. The van der Waals surface area contributed by atoms with Crippen LogP contribution in [0, 0.1) is 42.4 Å². The van der Waals surface area contributed by atoms with Gasteiger partial charge in [0.2, 0.25) is 41.4 Å². The molecule has 0 bridgehead atoms. The van der Waals surface area contributed by atoms with Gasteiger partial charge in [-0.3, -0.25) is 100 Å². The quantitative estimate of drug-likeness (QED) is 0.0513. The van der Waals surface area contributed by atoms with Gasteiger partial charge < -0.3 is 31.5 Å². The monoisotopic (exact) mass is 1470 g/mol. The molecule has 0 aromatic heterocycles. The molecule has 13 rings (SSSR count). The number of carbonyl (C=O) groups is 11. The first kappa shape index (κ1) is 79.8. The van der Waals surface area contributed by atoms with Gasteiger partial charge in [-0.1, -0.05) is 103 Å². The molecule has 6 aliphatic heterocycles. The van der Waals surface area contributed by atoms with Crippen molar-refractivity contribution in [2.24, 2.45) is 35.5 Å². The Balaban J connectivity index is 0.000000157. The lowest BCUT2D eigenvalue weighted by molar-refractivity contribution is -0.122. The summed E-state index contributed by atoms with van der Waals surface area (Å²) in [4.78, 5) is 130. The van der Waals surface area contributed by atoms with E-state index in [4.69, 9.17) is 0 Å². The van der Waals surface area contributed by atoms with Crippen LogP contribution in [0.15, 0.2) is 170 Å². The summed E-state index contributed by atoms with van der Waals surface area (Å²) in [6, 6.07) is 52.0. The highest BCUT2D eigenvalue weighted by Crippen LogP contribution is 2.29. The molecule has 27 nitrogen and oxygen atoms in total. The number of amides is 11. The van der Waals surface area contributed by atoms with Gasteiger partial charge in [-0.2, -0.15) is 0 Å². The summed E-state index contributed by atoms with van der Waals surface area (Å²) in [7, 11) is 0. The molecule has 7 aromatic carbocycles. The number of anilines is 10. The van der Waals surface area contributed by atoms with E-state index in [9.17, 15) is 52.7 Å². The Hall–Kier alpha value is -12.3. The zero-order valence-corrected chi connectivity index (χ0v) is 63.2. The SMILES string of the molecule is CC(=O)C1CCN(C(=O)Nc2cccc(N3CC(C)C(=O)N3)c2)CC1.CC(=O)Nc1ccc(N2CC(C)C(=O)N2)cc1.CC(=O)Nc1cccc(N2CC(C)C(=O)N2)c1.CC1CN(c2cccc(NC(=O)c3ccc(C(C)(C)C)cc3)c2)NC1=O.Cc1cccc(C(=O)Nc2ccc(N3CC(C)C(=O)N3)cc2)c1. The summed E-state index contributed by atoms with van der Waals surface area (Å²) >= 11 is 0. The maximum absolute atomic E-state index is 12.5. The highest BCUT2D eigenvalue weighted by atomic mass is 16.2. The summed E-state index contributed by atoms with van der Waals surface area (Å²) in [5.41, 5.74) is 25.5. The van der Waals surface area contributed by atoms with Crippen LogP contribution in [0.5, 0.6) is 0 Å². The fourth-order valence-corrected chi connectivity index (χ4v) is 12.2. The normalized spacial score (nSPS) is 18.7. The van der Waals surface area contributed by atoms with Crippen LogP contribution >= 0.6 is 0 Å². The van der Waals surface area contributed by atoms with Gasteiger partial charge in [-0.15, -0.1) is 0 Å². The van der Waals surface area contributed by atoms with Crippen molar-refractivity contribution in [3.8, 4) is 0 Å². The van der Waals surface area contributed by atoms with E-state index in [0.29, 0.717) is 68.3 Å². The van der Waals surface area contributed by atoms with Gasteiger partial charge >= 0.3 is 6.03 Å². The highest BCUT2D eigenvalue weighted by Gasteiger charge is 2.32. The summed E-state index contributed by atoms with van der Waals surface area (Å²) in [5, 5.41) is 23.1. The molecule has 0 radical (unpaired) electrons. The molecular formula is C81H98N16O11. The van der Waals surface area contributed by atoms with Crippen LogP contribution in [0.3, 0.4) is 0 Å². The third-order valence-electron chi connectivity index (χ3n) is 18.6. The molecule has 6 heterocycles. The Morgan fingerprint density at radius 1 is 0.370 bits per heavy atom. The molecule has 0 saturated carbocycles. The van der Waals surface area contributed by atoms with E-state index in [2.05, 4.69) is 74.5 Å². The minimum absolute atomic E-state index is 0.00257. The summed E-state index contributed by atoms with van der Waals surface area (Å²) < 4.78 is 0. The lowest BCUT2D eigenvalue weighted by Crippen LogP contribution is -2.42. The summed E-state index contributed by atoms with van der Waals surface area (Å²) in [6.07, 6.45) is 1.45. The molecule has 27 heteroatoms. The van der Waals surface area contributed by atoms with E-state index in [1.54, 1.807) is 32.9 Å². The minimum atomic E-state index is -0.155. The number of hydrazine groups is 5. The fraction of sp³-hybridized carbons (Fsp3) is 0.346. The summed E-state index contributed by atoms with van der Waals surface area (Å²) in [6.45, 7) is 26.7. The molecule has 11 amide bonds. The van der Waals surface area contributed by atoms with Crippen molar-refractivity contribution in [2.45, 2.75) is 101 Å². The van der Waals surface area contributed by atoms with Crippen LogP contribution in [-0.4, -0.2) is 116 Å². The van der Waals surface area contributed by atoms with E-state index in [0.717, 1.165) is 63.9 Å². The van der Waals surface area contributed by atoms with Crippen molar-refractivity contribution in [3.63, 3.8) is 0 Å². The molecule has 6 fully saturated rings. The van der Waals surface area contributed by atoms with Crippen LogP contribution in [0.1, 0.15) is 121 Å². The number of aryl methyl sites for hydroxylation is 1. The molecule has 6 aliphatic rings. The van der Waals surface area contributed by atoms with Crippen LogP contribution in [0.2, 0.25) is 0 Å². The maximum Gasteiger partial charge on any atom is 0.321 e. The average molecular weight is 1470 g/mol. The van der Waals surface area contributed by atoms with E-state index >= 15 is 0 Å². The Morgan fingerprint density at radius 3 is 1.06 bits per heavy atom. The number of carbonyl (C=O) groups excluding carboxylic acids is 11. The fourth-order valence-electron chi connectivity index (χ4n) is 12.2. The van der Waals surface area contributed by atoms with Gasteiger partial charge in [0.15, 0.2) is 0 Å². The van der Waals surface area contributed by atoms with Crippen LogP contribution in [-0.2, 0) is 43.8 Å². The van der Waals surface area contributed by atoms with Crippen molar-refractivity contribution in [2.75, 3.05) is 97.4 Å². The molecular weight excluding hydrogens is 1370 g/mol. The van der Waals surface area contributed by atoms with E-state index in [-0.39, 0.29) is 106 Å². The first-order valence-corrected chi connectivity index (χ1v) is 36.1. The predicted octanol–water partition coefficient (Wildman–Crippen LogP) is 10.7. The second-order valence-electron chi connectivity index (χ2n) is 29.0. The predicted molar refractivity (Wildman–Crippen MR) is 420 cm³/mol. The van der Waals surface area contributed by atoms with E-state index in [1.807, 2.05) is 215 Å².